The Balaban J connectivity index is 1.54. The van der Waals surface area contributed by atoms with Crippen molar-refractivity contribution in [2.75, 3.05) is 39.9 Å². The average molecular weight is 320 g/mol. The summed E-state index contributed by atoms with van der Waals surface area (Å²) >= 11 is 0. The quantitative estimate of drug-likeness (QED) is 0.747. The first-order valence-electron chi connectivity index (χ1n) is 8.43. The van der Waals surface area contributed by atoms with Crippen molar-refractivity contribution in [1.29, 1.82) is 0 Å². The SMILES string of the molecule is COc1ccc(OCCNC(=O)CCN2CCC(C)CC2)cc1. The van der Waals surface area contributed by atoms with Crippen molar-refractivity contribution in [3.8, 4) is 11.5 Å². The minimum atomic E-state index is 0.0990. The summed E-state index contributed by atoms with van der Waals surface area (Å²) < 4.78 is 10.7. The number of carbonyl (C=O) groups excluding carboxylic acids is 1. The van der Waals surface area contributed by atoms with Crippen molar-refractivity contribution in [3.63, 3.8) is 0 Å². The first kappa shape index (κ1) is 17.6. The van der Waals surface area contributed by atoms with E-state index in [0.717, 1.165) is 37.1 Å². The van der Waals surface area contributed by atoms with Gasteiger partial charge >= 0.3 is 0 Å². The van der Waals surface area contributed by atoms with E-state index in [1.807, 2.05) is 24.3 Å². The standard InChI is InChI=1S/C18H28N2O3/c1-15-7-11-20(12-8-15)13-9-18(21)19-10-14-23-17-5-3-16(22-2)4-6-17/h3-6,15H,7-14H2,1-2H3,(H,19,21). The van der Waals surface area contributed by atoms with Gasteiger partial charge in [-0.1, -0.05) is 6.92 Å². The van der Waals surface area contributed by atoms with Crippen LogP contribution in [0.15, 0.2) is 24.3 Å². The first-order valence-corrected chi connectivity index (χ1v) is 8.43. The van der Waals surface area contributed by atoms with Gasteiger partial charge in [0.15, 0.2) is 0 Å². The highest BCUT2D eigenvalue weighted by molar-refractivity contribution is 5.76. The molecule has 1 saturated heterocycles. The molecule has 23 heavy (non-hydrogen) atoms. The molecular weight excluding hydrogens is 292 g/mol. The lowest BCUT2D eigenvalue weighted by molar-refractivity contribution is -0.121. The third kappa shape index (κ3) is 6.48. The minimum absolute atomic E-state index is 0.0990. The maximum Gasteiger partial charge on any atom is 0.221 e. The van der Waals surface area contributed by atoms with Crippen LogP contribution in [0.2, 0.25) is 0 Å². The zero-order valence-corrected chi connectivity index (χ0v) is 14.2. The second-order valence-electron chi connectivity index (χ2n) is 6.15. The number of carbonyl (C=O) groups is 1. The first-order chi connectivity index (χ1) is 11.2. The van der Waals surface area contributed by atoms with Crippen molar-refractivity contribution in [1.82, 2.24) is 10.2 Å². The second kappa shape index (κ2) is 9.40. The summed E-state index contributed by atoms with van der Waals surface area (Å²) in [5.41, 5.74) is 0. The number of likely N-dealkylation sites (tertiary alicyclic amines) is 1. The molecule has 1 N–H and O–H groups in total. The van der Waals surface area contributed by atoms with Gasteiger partial charge in [-0.25, -0.2) is 0 Å². The Labute approximate surface area is 139 Å². The zero-order valence-electron chi connectivity index (χ0n) is 14.2. The Kier molecular flexibility index (Phi) is 7.20. The third-order valence-corrected chi connectivity index (χ3v) is 4.28. The van der Waals surface area contributed by atoms with Gasteiger partial charge in [0.25, 0.3) is 0 Å². The lowest BCUT2D eigenvalue weighted by Gasteiger charge is -2.29. The molecule has 0 atom stereocenters. The topological polar surface area (TPSA) is 50.8 Å². The van der Waals surface area contributed by atoms with Crippen LogP contribution in [0.3, 0.4) is 0 Å². The maximum atomic E-state index is 11.8. The summed E-state index contributed by atoms with van der Waals surface area (Å²) in [7, 11) is 1.63. The van der Waals surface area contributed by atoms with Gasteiger partial charge in [0, 0.05) is 13.0 Å². The molecule has 1 fully saturated rings. The van der Waals surface area contributed by atoms with Gasteiger partial charge in [0.2, 0.25) is 5.91 Å². The van der Waals surface area contributed by atoms with E-state index >= 15 is 0 Å². The third-order valence-electron chi connectivity index (χ3n) is 4.28. The number of nitrogens with one attached hydrogen (secondary N) is 1. The minimum Gasteiger partial charge on any atom is -0.497 e. The summed E-state index contributed by atoms with van der Waals surface area (Å²) in [6, 6.07) is 7.43. The molecule has 0 spiro atoms. The molecular formula is C18H28N2O3. The molecule has 0 radical (unpaired) electrons. The normalized spacial score (nSPS) is 16.1. The van der Waals surface area contributed by atoms with Gasteiger partial charge in [-0.05, 0) is 56.1 Å². The van der Waals surface area contributed by atoms with Crippen molar-refractivity contribution >= 4 is 5.91 Å². The Morgan fingerprint density at radius 1 is 1.22 bits per heavy atom. The van der Waals surface area contributed by atoms with Gasteiger partial charge in [0.05, 0.1) is 13.7 Å². The number of amides is 1. The molecule has 0 aromatic heterocycles. The van der Waals surface area contributed by atoms with Crippen LogP contribution in [0.5, 0.6) is 11.5 Å². The largest absolute Gasteiger partial charge is 0.497 e. The highest BCUT2D eigenvalue weighted by Gasteiger charge is 2.15. The fourth-order valence-electron chi connectivity index (χ4n) is 2.67. The van der Waals surface area contributed by atoms with Gasteiger partial charge in [-0.3, -0.25) is 4.79 Å². The van der Waals surface area contributed by atoms with Crippen molar-refractivity contribution in [3.05, 3.63) is 24.3 Å². The number of nitrogens with zero attached hydrogens (tertiary/aromatic N) is 1. The molecule has 1 aliphatic heterocycles. The Bertz CT molecular complexity index is 468. The fraction of sp³-hybridized carbons (Fsp3) is 0.611. The zero-order chi connectivity index (χ0) is 16.5. The van der Waals surface area contributed by atoms with Crippen LogP contribution in [-0.4, -0.2) is 50.7 Å². The van der Waals surface area contributed by atoms with Gasteiger partial charge in [0.1, 0.15) is 18.1 Å². The summed E-state index contributed by atoms with van der Waals surface area (Å²) in [5.74, 6) is 2.51. The second-order valence-corrected chi connectivity index (χ2v) is 6.15. The molecule has 1 aromatic carbocycles. The van der Waals surface area contributed by atoms with Crippen molar-refractivity contribution in [2.24, 2.45) is 5.92 Å². The van der Waals surface area contributed by atoms with E-state index in [1.165, 1.54) is 12.8 Å². The van der Waals surface area contributed by atoms with Gasteiger partial charge in [-0.15, -0.1) is 0 Å². The molecule has 0 bridgehead atoms. The molecule has 2 rings (SSSR count). The summed E-state index contributed by atoms with van der Waals surface area (Å²) in [5, 5.41) is 2.91. The van der Waals surface area contributed by atoms with E-state index < -0.39 is 0 Å². The summed E-state index contributed by atoms with van der Waals surface area (Å²) in [6.07, 6.45) is 3.06. The van der Waals surface area contributed by atoms with Crippen LogP contribution in [0.25, 0.3) is 0 Å². The smallest absolute Gasteiger partial charge is 0.221 e. The van der Waals surface area contributed by atoms with Crippen molar-refractivity contribution < 1.29 is 14.3 Å². The van der Waals surface area contributed by atoms with E-state index in [9.17, 15) is 4.79 Å². The Morgan fingerprint density at radius 3 is 2.52 bits per heavy atom. The molecule has 0 aliphatic carbocycles. The molecule has 128 valence electrons. The van der Waals surface area contributed by atoms with E-state index in [-0.39, 0.29) is 5.91 Å². The van der Waals surface area contributed by atoms with Crippen LogP contribution in [0.1, 0.15) is 26.2 Å². The molecule has 1 aliphatic rings. The van der Waals surface area contributed by atoms with Crippen LogP contribution in [0.4, 0.5) is 0 Å². The van der Waals surface area contributed by atoms with Crippen LogP contribution >= 0.6 is 0 Å². The molecule has 0 saturated carbocycles. The number of piperidine rings is 1. The molecule has 1 heterocycles. The lowest BCUT2D eigenvalue weighted by Crippen LogP contribution is -2.36. The number of hydrogen-bond donors (Lipinski definition) is 1. The number of benzene rings is 1. The highest BCUT2D eigenvalue weighted by Crippen LogP contribution is 2.17. The predicted molar refractivity (Wildman–Crippen MR) is 91.0 cm³/mol. The van der Waals surface area contributed by atoms with Gasteiger partial charge in [-0.2, -0.15) is 0 Å². The highest BCUT2D eigenvalue weighted by atomic mass is 16.5. The number of hydrogen-bond acceptors (Lipinski definition) is 4. The number of rotatable bonds is 8. The molecule has 1 amide bonds. The Hall–Kier alpha value is -1.75. The molecule has 0 unspecified atom stereocenters. The average Bonchev–Trinajstić information content (AvgIpc) is 2.59. The molecule has 1 aromatic rings. The van der Waals surface area contributed by atoms with E-state index in [1.54, 1.807) is 7.11 Å². The summed E-state index contributed by atoms with van der Waals surface area (Å²) in [6.45, 7) is 6.40. The fourth-order valence-corrected chi connectivity index (χ4v) is 2.67. The van der Waals surface area contributed by atoms with E-state index in [4.69, 9.17) is 9.47 Å². The van der Waals surface area contributed by atoms with Crippen LogP contribution in [0, 0.1) is 5.92 Å². The lowest BCUT2D eigenvalue weighted by atomic mass is 9.99. The van der Waals surface area contributed by atoms with Crippen LogP contribution in [-0.2, 0) is 4.79 Å². The number of methoxy groups -OCH3 is 1. The van der Waals surface area contributed by atoms with Gasteiger partial charge < -0.3 is 19.7 Å². The maximum absolute atomic E-state index is 11.8. The molecule has 5 nitrogen and oxygen atoms in total. The van der Waals surface area contributed by atoms with Crippen LogP contribution < -0.4 is 14.8 Å². The Morgan fingerprint density at radius 2 is 1.87 bits per heavy atom. The predicted octanol–water partition coefficient (Wildman–Crippen LogP) is 2.31. The van der Waals surface area contributed by atoms with E-state index in [0.29, 0.717) is 19.6 Å². The molecule has 5 heteroatoms. The monoisotopic (exact) mass is 320 g/mol. The van der Waals surface area contributed by atoms with E-state index in [2.05, 4.69) is 17.1 Å². The van der Waals surface area contributed by atoms with Crippen molar-refractivity contribution in [2.45, 2.75) is 26.2 Å². The number of ether oxygens (including phenoxy) is 2. The summed E-state index contributed by atoms with van der Waals surface area (Å²) in [4.78, 5) is 14.2.